The van der Waals surface area contributed by atoms with Crippen molar-refractivity contribution in [3.8, 4) is 0 Å². The van der Waals surface area contributed by atoms with E-state index in [0.717, 1.165) is 5.56 Å². The summed E-state index contributed by atoms with van der Waals surface area (Å²) in [5.41, 5.74) is 6.28. The minimum absolute atomic E-state index is 0.0142. The molecule has 0 bridgehead atoms. The van der Waals surface area contributed by atoms with Crippen molar-refractivity contribution >= 4 is 15.8 Å². The maximum Gasteiger partial charge on any atom is 0.322 e. The van der Waals surface area contributed by atoms with Crippen LogP contribution in [-0.4, -0.2) is 31.3 Å². The zero-order valence-electron chi connectivity index (χ0n) is 11.0. The Balaban J connectivity index is 3.14. The van der Waals surface area contributed by atoms with Crippen LogP contribution < -0.4 is 5.73 Å². The third kappa shape index (κ3) is 3.54. The van der Waals surface area contributed by atoms with Crippen LogP contribution in [0.4, 0.5) is 0 Å². The SMILES string of the molecule is CC(C)c1ccc(S(=O)(=O)C(CCN)C(=O)O)cc1. The van der Waals surface area contributed by atoms with Crippen LogP contribution in [0, 0.1) is 0 Å². The molecule has 0 aliphatic heterocycles. The predicted molar refractivity (Wildman–Crippen MR) is 72.8 cm³/mol. The smallest absolute Gasteiger partial charge is 0.322 e. The molecule has 0 saturated heterocycles. The standard InChI is InChI=1S/C13H19NO4S/c1-9(2)10-3-5-11(6-4-10)19(17,18)12(7-8-14)13(15)16/h3-6,9,12H,7-8,14H2,1-2H3,(H,15,16). The molecule has 0 aliphatic carbocycles. The molecular formula is C13H19NO4S. The summed E-state index contributed by atoms with van der Waals surface area (Å²) in [6.07, 6.45) is -0.0937. The maximum absolute atomic E-state index is 12.2. The summed E-state index contributed by atoms with van der Waals surface area (Å²) in [5, 5.41) is 7.53. The second-order valence-electron chi connectivity index (χ2n) is 4.67. The first-order valence-corrected chi connectivity index (χ1v) is 7.62. The molecule has 0 aliphatic rings. The van der Waals surface area contributed by atoms with Crippen molar-refractivity contribution in [1.29, 1.82) is 0 Å². The van der Waals surface area contributed by atoms with E-state index in [4.69, 9.17) is 10.8 Å². The van der Waals surface area contributed by atoms with Gasteiger partial charge < -0.3 is 10.8 Å². The number of sulfone groups is 1. The number of nitrogens with two attached hydrogens (primary N) is 1. The Hall–Kier alpha value is -1.40. The molecular weight excluding hydrogens is 266 g/mol. The maximum atomic E-state index is 12.2. The van der Waals surface area contributed by atoms with E-state index in [1.54, 1.807) is 12.1 Å². The van der Waals surface area contributed by atoms with Crippen LogP contribution in [0.15, 0.2) is 29.2 Å². The van der Waals surface area contributed by atoms with Gasteiger partial charge >= 0.3 is 5.97 Å². The Morgan fingerprint density at radius 1 is 1.26 bits per heavy atom. The van der Waals surface area contributed by atoms with Gasteiger partial charge in [0.05, 0.1) is 4.90 Å². The number of benzene rings is 1. The molecule has 0 heterocycles. The van der Waals surface area contributed by atoms with Gasteiger partial charge in [-0.1, -0.05) is 26.0 Å². The Kier molecular flexibility index (Phi) is 5.08. The van der Waals surface area contributed by atoms with E-state index in [0.29, 0.717) is 0 Å². The lowest BCUT2D eigenvalue weighted by Gasteiger charge is -2.13. The van der Waals surface area contributed by atoms with Crippen LogP contribution >= 0.6 is 0 Å². The number of rotatable bonds is 6. The van der Waals surface area contributed by atoms with E-state index in [2.05, 4.69) is 0 Å². The number of carbonyl (C=O) groups is 1. The van der Waals surface area contributed by atoms with Gasteiger partial charge in [-0.05, 0) is 36.6 Å². The van der Waals surface area contributed by atoms with E-state index in [9.17, 15) is 13.2 Å². The minimum atomic E-state index is -3.88. The second kappa shape index (κ2) is 6.16. The molecule has 1 rings (SSSR count). The molecule has 1 aromatic carbocycles. The van der Waals surface area contributed by atoms with Gasteiger partial charge in [0.2, 0.25) is 0 Å². The van der Waals surface area contributed by atoms with E-state index in [-0.39, 0.29) is 23.8 Å². The molecule has 1 unspecified atom stereocenters. The molecule has 19 heavy (non-hydrogen) atoms. The van der Waals surface area contributed by atoms with Gasteiger partial charge in [-0.3, -0.25) is 4.79 Å². The van der Waals surface area contributed by atoms with Crippen LogP contribution in [0.2, 0.25) is 0 Å². The van der Waals surface area contributed by atoms with Crippen molar-refractivity contribution in [3.05, 3.63) is 29.8 Å². The largest absolute Gasteiger partial charge is 0.480 e. The molecule has 0 aromatic heterocycles. The van der Waals surface area contributed by atoms with Crippen LogP contribution in [-0.2, 0) is 14.6 Å². The summed E-state index contributed by atoms with van der Waals surface area (Å²) in [5.74, 6) is -1.07. The third-order valence-corrected chi connectivity index (χ3v) is 5.07. The first-order chi connectivity index (χ1) is 8.80. The molecule has 0 fully saturated rings. The van der Waals surface area contributed by atoms with Gasteiger partial charge in [-0.25, -0.2) is 8.42 Å². The Morgan fingerprint density at radius 3 is 2.16 bits per heavy atom. The van der Waals surface area contributed by atoms with Crippen molar-refractivity contribution in [3.63, 3.8) is 0 Å². The Labute approximate surface area is 113 Å². The molecule has 106 valence electrons. The van der Waals surface area contributed by atoms with Crippen molar-refractivity contribution in [1.82, 2.24) is 0 Å². The topological polar surface area (TPSA) is 97.5 Å². The van der Waals surface area contributed by atoms with Gasteiger partial charge in [0, 0.05) is 0 Å². The molecule has 0 saturated carbocycles. The molecule has 0 amide bonds. The molecule has 1 atom stereocenters. The average Bonchev–Trinajstić information content (AvgIpc) is 2.35. The van der Waals surface area contributed by atoms with E-state index >= 15 is 0 Å². The van der Waals surface area contributed by atoms with Gasteiger partial charge in [0.25, 0.3) is 0 Å². The van der Waals surface area contributed by atoms with Crippen molar-refractivity contribution in [2.45, 2.75) is 36.3 Å². The highest BCUT2D eigenvalue weighted by atomic mass is 32.2. The fourth-order valence-electron chi connectivity index (χ4n) is 1.77. The summed E-state index contributed by atoms with van der Waals surface area (Å²) in [6, 6.07) is 6.33. The number of carboxylic acid groups (broad SMARTS) is 1. The third-order valence-electron chi connectivity index (χ3n) is 2.95. The fourth-order valence-corrected chi connectivity index (χ4v) is 3.33. The first-order valence-electron chi connectivity index (χ1n) is 6.07. The molecule has 1 aromatic rings. The van der Waals surface area contributed by atoms with E-state index in [1.165, 1.54) is 12.1 Å². The molecule has 3 N–H and O–H groups in total. The van der Waals surface area contributed by atoms with Gasteiger partial charge in [0.1, 0.15) is 0 Å². The summed E-state index contributed by atoms with van der Waals surface area (Å²) < 4.78 is 24.4. The van der Waals surface area contributed by atoms with Gasteiger partial charge in [0.15, 0.2) is 15.1 Å². The quantitative estimate of drug-likeness (QED) is 0.823. The average molecular weight is 285 g/mol. The number of hydrogen-bond acceptors (Lipinski definition) is 4. The first kappa shape index (κ1) is 15.7. The van der Waals surface area contributed by atoms with Crippen LogP contribution in [0.25, 0.3) is 0 Å². The highest BCUT2D eigenvalue weighted by Gasteiger charge is 2.33. The second-order valence-corrected chi connectivity index (χ2v) is 6.80. The van der Waals surface area contributed by atoms with E-state index < -0.39 is 21.1 Å². The molecule has 0 radical (unpaired) electrons. The lowest BCUT2D eigenvalue weighted by atomic mass is 10.0. The van der Waals surface area contributed by atoms with Crippen molar-refractivity contribution in [2.75, 3.05) is 6.54 Å². The lowest BCUT2D eigenvalue weighted by Crippen LogP contribution is -2.32. The lowest BCUT2D eigenvalue weighted by molar-refractivity contribution is -0.136. The predicted octanol–water partition coefficient (Wildman–Crippen LogP) is 1.39. The molecule has 0 spiro atoms. The Morgan fingerprint density at radius 2 is 1.79 bits per heavy atom. The number of aliphatic carboxylic acids is 1. The zero-order chi connectivity index (χ0) is 14.6. The summed E-state index contributed by atoms with van der Waals surface area (Å²) in [4.78, 5) is 11.1. The highest BCUT2D eigenvalue weighted by molar-refractivity contribution is 7.92. The highest BCUT2D eigenvalue weighted by Crippen LogP contribution is 2.21. The fraction of sp³-hybridized carbons (Fsp3) is 0.462. The number of carboxylic acids is 1. The van der Waals surface area contributed by atoms with E-state index in [1.807, 2.05) is 13.8 Å². The van der Waals surface area contributed by atoms with Gasteiger partial charge in [-0.15, -0.1) is 0 Å². The van der Waals surface area contributed by atoms with Crippen LogP contribution in [0.1, 0.15) is 31.7 Å². The number of hydrogen-bond donors (Lipinski definition) is 2. The van der Waals surface area contributed by atoms with Gasteiger partial charge in [-0.2, -0.15) is 0 Å². The monoisotopic (exact) mass is 285 g/mol. The van der Waals surface area contributed by atoms with Crippen molar-refractivity contribution < 1.29 is 18.3 Å². The van der Waals surface area contributed by atoms with Crippen LogP contribution in [0.3, 0.4) is 0 Å². The zero-order valence-corrected chi connectivity index (χ0v) is 11.9. The summed E-state index contributed by atoms with van der Waals surface area (Å²) >= 11 is 0. The summed E-state index contributed by atoms with van der Waals surface area (Å²) in [6.45, 7) is 4.01. The van der Waals surface area contributed by atoms with Crippen molar-refractivity contribution in [2.24, 2.45) is 5.73 Å². The van der Waals surface area contributed by atoms with Crippen LogP contribution in [0.5, 0.6) is 0 Å². The Bertz CT molecular complexity index is 534. The normalized spacial score (nSPS) is 13.5. The molecule has 6 heteroatoms. The minimum Gasteiger partial charge on any atom is -0.480 e. The molecule has 5 nitrogen and oxygen atoms in total. The summed E-state index contributed by atoms with van der Waals surface area (Å²) in [7, 11) is -3.88.